The van der Waals surface area contributed by atoms with Crippen LogP contribution in [0.3, 0.4) is 0 Å². The number of hydrogen-bond donors (Lipinski definition) is 2. The van der Waals surface area contributed by atoms with Gasteiger partial charge in [-0.05, 0) is 38.6 Å². The van der Waals surface area contributed by atoms with Crippen molar-refractivity contribution in [2.45, 2.75) is 32.4 Å². The molecule has 2 heterocycles. The number of likely N-dealkylation sites (tertiary alicyclic amines) is 1. The normalized spacial score (nSPS) is 23.6. The van der Waals surface area contributed by atoms with Crippen molar-refractivity contribution in [3.05, 3.63) is 0 Å². The van der Waals surface area contributed by atoms with Crippen LogP contribution in [-0.2, 0) is 9.47 Å². The molecule has 6 nitrogen and oxygen atoms in total. The van der Waals surface area contributed by atoms with Gasteiger partial charge in [0.2, 0.25) is 0 Å². The molecule has 0 aliphatic carbocycles. The van der Waals surface area contributed by atoms with E-state index in [0.717, 1.165) is 58.1 Å². The monoisotopic (exact) mass is 522 g/mol. The summed E-state index contributed by atoms with van der Waals surface area (Å²) in [5, 5.41) is 6.44. The zero-order chi connectivity index (χ0) is 19.5. The number of ether oxygens (including phenoxy) is 2. The van der Waals surface area contributed by atoms with Crippen molar-refractivity contribution in [3.63, 3.8) is 0 Å². The van der Waals surface area contributed by atoms with Crippen LogP contribution in [0.15, 0.2) is 4.99 Å². The quantitative estimate of drug-likeness (QED) is 0.200. The molecule has 2 N–H and O–H groups in total. The molecular weight excluding hydrogens is 488 g/mol. The number of nitrogens with zero attached hydrogens (tertiary/aromatic N) is 2. The molecule has 28 heavy (non-hydrogen) atoms. The predicted molar refractivity (Wildman–Crippen MR) is 114 cm³/mol. The van der Waals surface area contributed by atoms with E-state index in [-0.39, 0.29) is 29.9 Å². The zero-order valence-corrected chi connectivity index (χ0v) is 18.9. The first-order valence-electron chi connectivity index (χ1n) is 9.93. The van der Waals surface area contributed by atoms with E-state index in [1.165, 1.54) is 4.90 Å². The Morgan fingerprint density at radius 3 is 2.75 bits per heavy atom. The summed E-state index contributed by atoms with van der Waals surface area (Å²) in [6.07, 6.45) is -1.41. The van der Waals surface area contributed by atoms with Gasteiger partial charge in [0.1, 0.15) is 0 Å². The largest absolute Gasteiger partial charge is 0.401 e. The van der Waals surface area contributed by atoms with E-state index in [1.807, 2.05) is 6.92 Å². The third kappa shape index (κ3) is 11.0. The Balaban J connectivity index is 0.00000392. The molecule has 2 atom stereocenters. The summed E-state index contributed by atoms with van der Waals surface area (Å²) in [5.74, 6) is 1.43. The smallest absolute Gasteiger partial charge is 0.381 e. The van der Waals surface area contributed by atoms with Crippen LogP contribution < -0.4 is 10.6 Å². The minimum atomic E-state index is -4.12. The fraction of sp³-hybridized carbons (Fsp3) is 0.944. The van der Waals surface area contributed by atoms with Gasteiger partial charge in [-0.15, -0.1) is 24.0 Å². The van der Waals surface area contributed by atoms with Crippen molar-refractivity contribution in [1.82, 2.24) is 15.5 Å². The van der Waals surface area contributed by atoms with Gasteiger partial charge >= 0.3 is 6.18 Å². The highest BCUT2D eigenvalue weighted by molar-refractivity contribution is 14.0. The van der Waals surface area contributed by atoms with Crippen LogP contribution in [0.4, 0.5) is 13.2 Å². The summed E-state index contributed by atoms with van der Waals surface area (Å²) in [4.78, 5) is 6.00. The lowest BCUT2D eigenvalue weighted by molar-refractivity contribution is -0.143. The van der Waals surface area contributed by atoms with Crippen LogP contribution in [0.5, 0.6) is 0 Å². The molecule has 2 rings (SSSR count). The molecule has 0 radical (unpaired) electrons. The molecule has 0 saturated carbocycles. The summed E-state index contributed by atoms with van der Waals surface area (Å²) in [7, 11) is 0. The van der Waals surface area contributed by atoms with Gasteiger partial charge < -0.3 is 20.1 Å². The molecule has 0 aromatic rings. The van der Waals surface area contributed by atoms with Gasteiger partial charge in [-0.3, -0.25) is 9.89 Å². The highest BCUT2D eigenvalue weighted by Gasteiger charge is 2.34. The summed E-state index contributed by atoms with van der Waals surface area (Å²) in [5.41, 5.74) is 0. The molecule has 2 saturated heterocycles. The van der Waals surface area contributed by atoms with Crippen molar-refractivity contribution in [2.24, 2.45) is 16.8 Å². The standard InChI is InChI=1S/C18H33F3N4O2.HI/c1-2-22-17(23-6-3-8-26-12-16-5-9-27-13-16)24-10-15-4-7-25(11-15)14-18(19,20)21;/h15-16H,2-14H2,1H3,(H2,22,23,24);1H. The molecule has 166 valence electrons. The van der Waals surface area contributed by atoms with Crippen molar-refractivity contribution in [2.75, 3.05) is 65.7 Å². The van der Waals surface area contributed by atoms with Crippen LogP contribution in [0.2, 0.25) is 0 Å². The second-order valence-electron chi connectivity index (χ2n) is 7.31. The SMILES string of the molecule is CCNC(=NCC1CCN(CC(F)(F)F)C1)NCCCOCC1CCOC1.I. The summed E-state index contributed by atoms with van der Waals surface area (Å²) in [6, 6.07) is 0. The van der Waals surface area contributed by atoms with Gasteiger partial charge in [0, 0.05) is 45.3 Å². The fourth-order valence-electron chi connectivity index (χ4n) is 3.37. The van der Waals surface area contributed by atoms with E-state index in [9.17, 15) is 13.2 Å². The first kappa shape index (κ1) is 25.7. The summed E-state index contributed by atoms with van der Waals surface area (Å²) >= 11 is 0. The molecule has 0 bridgehead atoms. The molecule has 0 spiro atoms. The molecule has 0 aromatic heterocycles. The molecule has 2 aliphatic rings. The molecule has 0 amide bonds. The Bertz CT molecular complexity index is 449. The molecule has 2 fully saturated rings. The number of guanidine groups is 1. The number of hydrogen-bond acceptors (Lipinski definition) is 4. The van der Waals surface area contributed by atoms with E-state index in [4.69, 9.17) is 9.47 Å². The number of aliphatic imine (C=N–C) groups is 1. The Morgan fingerprint density at radius 1 is 1.25 bits per heavy atom. The first-order valence-corrected chi connectivity index (χ1v) is 9.93. The second kappa shape index (κ2) is 13.8. The lowest BCUT2D eigenvalue weighted by atomic mass is 10.1. The maximum atomic E-state index is 12.5. The van der Waals surface area contributed by atoms with Gasteiger partial charge in [-0.1, -0.05) is 0 Å². The van der Waals surface area contributed by atoms with E-state index < -0.39 is 12.7 Å². The van der Waals surface area contributed by atoms with Crippen LogP contribution in [-0.4, -0.2) is 82.7 Å². The van der Waals surface area contributed by atoms with Crippen LogP contribution in [0.25, 0.3) is 0 Å². The van der Waals surface area contributed by atoms with E-state index >= 15 is 0 Å². The lowest BCUT2D eigenvalue weighted by Gasteiger charge is -2.17. The van der Waals surface area contributed by atoms with E-state index in [0.29, 0.717) is 32.2 Å². The number of nitrogens with one attached hydrogen (secondary N) is 2. The zero-order valence-electron chi connectivity index (χ0n) is 16.6. The van der Waals surface area contributed by atoms with Crippen molar-refractivity contribution in [3.8, 4) is 0 Å². The summed E-state index contributed by atoms with van der Waals surface area (Å²) in [6.45, 7) is 7.25. The average Bonchev–Trinajstić information content (AvgIpc) is 3.26. The molecule has 2 unspecified atom stereocenters. The van der Waals surface area contributed by atoms with Crippen molar-refractivity contribution >= 4 is 29.9 Å². The number of halogens is 4. The van der Waals surface area contributed by atoms with Gasteiger partial charge in [-0.2, -0.15) is 13.2 Å². The average molecular weight is 522 g/mol. The molecule has 2 aliphatic heterocycles. The second-order valence-corrected chi connectivity index (χ2v) is 7.31. The predicted octanol–water partition coefficient (Wildman–Crippen LogP) is 2.49. The minimum Gasteiger partial charge on any atom is -0.381 e. The van der Waals surface area contributed by atoms with Crippen LogP contribution in [0.1, 0.15) is 26.2 Å². The Morgan fingerprint density at radius 2 is 2.07 bits per heavy atom. The third-order valence-electron chi connectivity index (χ3n) is 4.76. The Kier molecular flexibility index (Phi) is 12.7. The number of alkyl halides is 3. The first-order chi connectivity index (χ1) is 13.0. The molecule has 10 heteroatoms. The highest BCUT2D eigenvalue weighted by Crippen LogP contribution is 2.22. The molecule has 0 aromatic carbocycles. The Labute approximate surface area is 183 Å². The van der Waals surface area contributed by atoms with Gasteiger partial charge in [0.25, 0.3) is 0 Å². The van der Waals surface area contributed by atoms with E-state index in [1.54, 1.807) is 0 Å². The molecular formula is C18H34F3IN4O2. The van der Waals surface area contributed by atoms with Gasteiger partial charge in [0.15, 0.2) is 5.96 Å². The van der Waals surface area contributed by atoms with Crippen LogP contribution >= 0.6 is 24.0 Å². The van der Waals surface area contributed by atoms with Crippen molar-refractivity contribution < 1.29 is 22.6 Å². The maximum absolute atomic E-state index is 12.5. The van der Waals surface area contributed by atoms with E-state index in [2.05, 4.69) is 15.6 Å². The highest BCUT2D eigenvalue weighted by atomic mass is 127. The third-order valence-corrected chi connectivity index (χ3v) is 4.76. The topological polar surface area (TPSA) is 58.1 Å². The lowest BCUT2D eigenvalue weighted by Crippen LogP contribution is -2.38. The van der Waals surface area contributed by atoms with Crippen LogP contribution in [0, 0.1) is 11.8 Å². The van der Waals surface area contributed by atoms with Gasteiger partial charge in [0.05, 0.1) is 19.8 Å². The van der Waals surface area contributed by atoms with Crippen molar-refractivity contribution in [1.29, 1.82) is 0 Å². The number of rotatable bonds is 10. The maximum Gasteiger partial charge on any atom is 0.401 e. The Hall–Kier alpha value is -0.330. The fourth-order valence-corrected chi connectivity index (χ4v) is 3.37. The van der Waals surface area contributed by atoms with Gasteiger partial charge in [-0.25, -0.2) is 0 Å². The minimum absolute atomic E-state index is 0. The summed E-state index contributed by atoms with van der Waals surface area (Å²) < 4.78 is 48.4.